The molecule has 2 heterocycles. The summed E-state index contributed by atoms with van der Waals surface area (Å²) < 4.78 is 7.62. The van der Waals surface area contributed by atoms with Crippen molar-refractivity contribution in [2.24, 2.45) is 7.05 Å². The number of aromatic nitrogens is 1. The molecule has 0 amide bonds. The van der Waals surface area contributed by atoms with Crippen LogP contribution in [0.2, 0.25) is 0 Å². The Morgan fingerprint density at radius 1 is 1.18 bits per heavy atom. The molecular weight excluding hydrogens is 278 g/mol. The Kier molecular flexibility index (Phi) is 2.60. The van der Waals surface area contributed by atoms with Crippen LogP contribution in [-0.2, 0) is 7.05 Å². The number of carbonyl (C=O) groups excluding carboxylic acids is 1. The van der Waals surface area contributed by atoms with Gasteiger partial charge >= 0.3 is 0 Å². The summed E-state index contributed by atoms with van der Waals surface area (Å²) in [5, 5.41) is 10.6. The van der Waals surface area contributed by atoms with Crippen LogP contribution in [0.5, 0.6) is 11.5 Å². The first-order valence-corrected chi connectivity index (χ1v) is 6.95. The van der Waals surface area contributed by atoms with Gasteiger partial charge in [-0.1, -0.05) is 18.2 Å². The number of ether oxygens (including phenoxy) is 1. The van der Waals surface area contributed by atoms with E-state index in [1.165, 1.54) is 12.1 Å². The van der Waals surface area contributed by atoms with Crippen molar-refractivity contribution in [2.45, 2.75) is 0 Å². The quantitative estimate of drug-likeness (QED) is 0.698. The van der Waals surface area contributed by atoms with Crippen molar-refractivity contribution in [3.8, 4) is 11.5 Å². The molecule has 0 spiro atoms. The number of benzene rings is 2. The number of phenols is 1. The smallest absolute Gasteiger partial charge is 0.231 e. The van der Waals surface area contributed by atoms with E-state index in [0.29, 0.717) is 11.3 Å². The van der Waals surface area contributed by atoms with E-state index in [1.54, 1.807) is 12.1 Å². The van der Waals surface area contributed by atoms with E-state index in [0.717, 1.165) is 16.5 Å². The van der Waals surface area contributed by atoms with Gasteiger partial charge in [-0.25, -0.2) is 0 Å². The van der Waals surface area contributed by atoms with Gasteiger partial charge < -0.3 is 14.4 Å². The van der Waals surface area contributed by atoms with Crippen molar-refractivity contribution in [3.63, 3.8) is 0 Å². The standard InChI is InChI=1S/C18H13NO3/c1-19-10-11(13-4-2-3-5-15(13)19)8-17-18(21)14-7-6-12(20)9-16(14)22-17/h2-10,20H,1H3/b17-8-. The molecule has 0 unspecified atom stereocenters. The highest BCUT2D eigenvalue weighted by Crippen LogP contribution is 2.35. The summed E-state index contributed by atoms with van der Waals surface area (Å²) in [5.74, 6) is 0.592. The SMILES string of the molecule is Cn1cc(/C=C2\Oc3cc(O)ccc3C2=O)c2ccccc21. The zero-order valence-electron chi connectivity index (χ0n) is 11.9. The van der Waals surface area contributed by atoms with E-state index in [4.69, 9.17) is 4.74 Å². The number of fused-ring (bicyclic) bond motifs is 2. The van der Waals surface area contributed by atoms with Crippen molar-refractivity contribution in [1.29, 1.82) is 0 Å². The van der Waals surface area contributed by atoms with Gasteiger partial charge in [-0.2, -0.15) is 0 Å². The second-order valence-corrected chi connectivity index (χ2v) is 5.33. The van der Waals surface area contributed by atoms with Crippen molar-refractivity contribution >= 4 is 22.8 Å². The van der Waals surface area contributed by atoms with Crippen LogP contribution in [0.4, 0.5) is 0 Å². The van der Waals surface area contributed by atoms with Gasteiger partial charge in [-0.05, 0) is 24.3 Å². The summed E-state index contributed by atoms with van der Waals surface area (Å²) in [6, 6.07) is 12.5. The largest absolute Gasteiger partial charge is 0.508 e. The van der Waals surface area contributed by atoms with Gasteiger partial charge in [-0.3, -0.25) is 4.79 Å². The van der Waals surface area contributed by atoms with E-state index in [9.17, 15) is 9.90 Å². The lowest BCUT2D eigenvalue weighted by atomic mass is 10.1. The van der Waals surface area contributed by atoms with Crippen molar-refractivity contribution in [3.05, 3.63) is 65.5 Å². The number of rotatable bonds is 1. The number of hydrogen-bond acceptors (Lipinski definition) is 3. The van der Waals surface area contributed by atoms with Crippen LogP contribution in [0.15, 0.2) is 54.4 Å². The molecule has 0 saturated carbocycles. The molecule has 4 nitrogen and oxygen atoms in total. The first-order chi connectivity index (χ1) is 10.6. The average molecular weight is 291 g/mol. The molecule has 1 N–H and O–H groups in total. The average Bonchev–Trinajstić information content (AvgIpc) is 2.98. The first kappa shape index (κ1) is 12.7. The van der Waals surface area contributed by atoms with Gasteiger partial charge in [0.1, 0.15) is 11.5 Å². The lowest BCUT2D eigenvalue weighted by molar-refractivity contribution is 0.101. The van der Waals surface area contributed by atoms with Crippen LogP contribution in [0.3, 0.4) is 0 Å². The van der Waals surface area contributed by atoms with Crippen LogP contribution >= 0.6 is 0 Å². The molecule has 2 aromatic carbocycles. The molecule has 1 aromatic heterocycles. The lowest BCUT2D eigenvalue weighted by Gasteiger charge is -1.98. The Hall–Kier alpha value is -3.01. The van der Waals surface area contributed by atoms with E-state index >= 15 is 0 Å². The number of allylic oxidation sites excluding steroid dienone is 1. The Morgan fingerprint density at radius 2 is 2.00 bits per heavy atom. The fourth-order valence-corrected chi connectivity index (χ4v) is 2.80. The second kappa shape index (κ2) is 4.49. The molecule has 0 aliphatic carbocycles. The number of aromatic hydroxyl groups is 1. The fourth-order valence-electron chi connectivity index (χ4n) is 2.80. The minimum atomic E-state index is -0.164. The third-order valence-corrected chi connectivity index (χ3v) is 3.87. The van der Waals surface area contributed by atoms with Crippen LogP contribution in [0.1, 0.15) is 15.9 Å². The molecule has 4 rings (SSSR count). The predicted octanol–water partition coefficient (Wildman–Crippen LogP) is 3.50. The van der Waals surface area contributed by atoms with Gasteiger partial charge in [0.2, 0.25) is 5.78 Å². The van der Waals surface area contributed by atoms with Gasteiger partial charge in [0.15, 0.2) is 5.76 Å². The number of hydrogen-bond donors (Lipinski definition) is 1. The zero-order valence-corrected chi connectivity index (χ0v) is 11.9. The number of ketones is 1. The van der Waals surface area contributed by atoms with Gasteiger partial charge in [-0.15, -0.1) is 0 Å². The zero-order chi connectivity index (χ0) is 15.3. The Morgan fingerprint density at radius 3 is 2.86 bits per heavy atom. The number of carbonyl (C=O) groups is 1. The summed E-state index contributed by atoms with van der Waals surface area (Å²) in [4.78, 5) is 12.4. The maximum atomic E-state index is 12.4. The highest BCUT2D eigenvalue weighted by molar-refractivity contribution is 6.15. The highest BCUT2D eigenvalue weighted by atomic mass is 16.5. The number of phenolic OH excluding ortho intramolecular Hbond substituents is 1. The van der Waals surface area contributed by atoms with Gasteiger partial charge in [0.05, 0.1) is 5.56 Å². The topological polar surface area (TPSA) is 51.5 Å². The molecule has 1 aliphatic heterocycles. The second-order valence-electron chi connectivity index (χ2n) is 5.33. The number of aryl methyl sites for hydroxylation is 1. The van der Waals surface area contributed by atoms with E-state index in [2.05, 4.69) is 0 Å². The summed E-state index contributed by atoms with van der Waals surface area (Å²) in [5.41, 5.74) is 2.50. The van der Waals surface area contributed by atoms with E-state index in [-0.39, 0.29) is 17.3 Å². The maximum absolute atomic E-state index is 12.4. The Balaban J connectivity index is 1.82. The maximum Gasteiger partial charge on any atom is 0.231 e. The predicted molar refractivity (Wildman–Crippen MR) is 84.0 cm³/mol. The number of Topliss-reactive ketones (excluding diaryl/α,β-unsaturated/α-hetero) is 1. The van der Waals surface area contributed by atoms with Crippen LogP contribution in [-0.4, -0.2) is 15.5 Å². The molecule has 22 heavy (non-hydrogen) atoms. The molecule has 0 radical (unpaired) electrons. The molecular formula is C18H13NO3. The minimum absolute atomic E-state index is 0.0814. The summed E-state index contributed by atoms with van der Waals surface area (Å²) in [6.07, 6.45) is 3.72. The monoisotopic (exact) mass is 291 g/mol. The molecule has 3 aromatic rings. The Bertz CT molecular complexity index is 950. The third kappa shape index (κ3) is 1.81. The van der Waals surface area contributed by atoms with Gasteiger partial charge in [0, 0.05) is 35.8 Å². The van der Waals surface area contributed by atoms with E-state index in [1.807, 2.05) is 42.1 Å². The molecule has 0 saturated heterocycles. The molecule has 0 bridgehead atoms. The molecule has 4 heteroatoms. The van der Waals surface area contributed by atoms with Crippen LogP contribution < -0.4 is 4.74 Å². The summed E-state index contributed by atoms with van der Waals surface area (Å²) in [7, 11) is 1.97. The number of para-hydroxylation sites is 1. The van der Waals surface area contributed by atoms with Crippen LogP contribution in [0.25, 0.3) is 17.0 Å². The molecule has 108 valence electrons. The molecule has 0 fully saturated rings. The number of nitrogens with zero attached hydrogens (tertiary/aromatic N) is 1. The van der Waals surface area contributed by atoms with Crippen LogP contribution in [0, 0.1) is 0 Å². The normalized spacial score (nSPS) is 15.3. The molecule has 0 atom stereocenters. The fraction of sp³-hybridized carbons (Fsp3) is 0.0556. The highest BCUT2D eigenvalue weighted by Gasteiger charge is 2.27. The van der Waals surface area contributed by atoms with Crippen molar-refractivity contribution in [1.82, 2.24) is 4.57 Å². The molecule has 1 aliphatic rings. The first-order valence-electron chi connectivity index (χ1n) is 6.95. The summed E-state index contributed by atoms with van der Waals surface area (Å²) >= 11 is 0. The van der Waals surface area contributed by atoms with Crippen molar-refractivity contribution < 1.29 is 14.6 Å². The van der Waals surface area contributed by atoms with Gasteiger partial charge in [0.25, 0.3) is 0 Å². The summed E-state index contributed by atoms with van der Waals surface area (Å²) in [6.45, 7) is 0. The third-order valence-electron chi connectivity index (χ3n) is 3.87. The van der Waals surface area contributed by atoms with E-state index < -0.39 is 0 Å². The van der Waals surface area contributed by atoms with Crippen molar-refractivity contribution in [2.75, 3.05) is 0 Å². The Labute approximate surface area is 126 Å². The minimum Gasteiger partial charge on any atom is -0.508 e. The lowest BCUT2D eigenvalue weighted by Crippen LogP contribution is -1.97.